The standard InChI is InChI=1S/C22H22F4N2OS/c1-12(2)16-9-8-15(11-18(16)23)28-20(30)27(19(29)21(28,4)5)14-7-6-13(3)17(10-14)22(24,25)26/h6-12H,1-5H3. The van der Waals surface area contributed by atoms with Crippen molar-refractivity contribution in [3.05, 3.63) is 58.9 Å². The number of aryl methyl sites for hydroxylation is 1. The van der Waals surface area contributed by atoms with E-state index in [9.17, 15) is 22.4 Å². The molecule has 0 radical (unpaired) electrons. The Bertz CT molecular complexity index is 1030. The number of nitrogens with zero attached hydrogens (tertiary/aromatic N) is 2. The van der Waals surface area contributed by atoms with Crippen molar-refractivity contribution in [1.29, 1.82) is 0 Å². The number of halogens is 4. The molecule has 0 aliphatic carbocycles. The van der Waals surface area contributed by atoms with Crippen LogP contribution >= 0.6 is 12.2 Å². The summed E-state index contributed by atoms with van der Waals surface area (Å²) in [5, 5.41) is -0.00123. The van der Waals surface area contributed by atoms with E-state index in [1.165, 1.54) is 30.0 Å². The number of anilines is 2. The van der Waals surface area contributed by atoms with Crippen LogP contribution in [0.2, 0.25) is 0 Å². The van der Waals surface area contributed by atoms with Crippen LogP contribution in [-0.4, -0.2) is 16.6 Å². The summed E-state index contributed by atoms with van der Waals surface area (Å²) >= 11 is 5.48. The first-order valence-corrected chi connectivity index (χ1v) is 9.83. The lowest BCUT2D eigenvalue weighted by molar-refractivity contribution is -0.138. The minimum Gasteiger partial charge on any atom is -0.303 e. The average molecular weight is 438 g/mol. The maximum Gasteiger partial charge on any atom is 0.416 e. The quantitative estimate of drug-likeness (QED) is 0.422. The van der Waals surface area contributed by atoms with Gasteiger partial charge in [-0.15, -0.1) is 0 Å². The van der Waals surface area contributed by atoms with Crippen LogP contribution in [0.5, 0.6) is 0 Å². The molecule has 0 atom stereocenters. The van der Waals surface area contributed by atoms with Gasteiger partial charge < -0.3 is 4.90 Å². The molecule has 1 heterocycles. The molecule has 3 rings (SSSR count). The number of alkyl halides is 3. The third-order valence-corrected chi connectivity index (χ3v) is 5.68. The number of thiocarbonyl (C=S) groups is 1. The molecule has 1 amide bonds. The van der Waals surface area contributed by atoms with E-state index in [4.69, 9.17) is 12.2 Å². The number of carbonyl (C=O) groups is 1. The molecule has 3 nitrogen and oxygen atoms in total. The van der Waals surface area contributed by atoms with E-state index >= 15 is 0 Å². The van der Waals surface area contributed by atoms with E-state index in [1.54, 1.807) is 26.0 Å². The Balaban J connectivity index is 2.09. The molecule has 2 aromatic rings. The lowest BCUT2D eigenvalue weighted by Crippen LogP contribution is -2.44. The monoisotopic (exact) mass is 438 g/mol. The summed E-state index contributed by atoms with van der Waals surface area (Å²) in [5.41, 5.74) is -1.07. The fraction of sp³-hybridized carbons (Fsp3) is 0.364. The van der Waals surface area contributed by atoms with Gasteiger partial charge >= 0.3 is 6.18 Å². The first-order valence-electron chi connectivity index (χ1n) is 9.43. The second kappa shape index (κ2) is 7.34. The normalized spacial score (nSPS) is 16.7. The van der Waals surface area contributed by atoms with Gasteiger partial charge in [0, 0.05) is 5.69 Å². The second-order valence-electron chi connectivity index (χ2n) is 8.18. The molecule has 2 aromatic carbocycles. The highest BCUT2D eigenvalue weighted by Crippen LogP contribution is 2.40. The van der Waals surface area contributed by atoms with Crippen molar-refractivity contribution in [2.24, 2.45) is 0 Å². The minimum absolute atomic E-state index is 0.00123. The van der Waals surface area contributed by atoms with Crippen LogP contribution in [0.1, 0.15) is 50.3 Å². The van der Waals surface area contributed by atoms with Crippen molar-refractivity contribution in [3.8, 4) is 0 Å². The summed E-state index contributed by atoms with van der Waals surface area (Å²) in [7, 11) is 0. The Morgan fingerprint density at radius 2 is 1.63 bits per heavy atom. The molecular weight excluding hydrogens is 416 g/mol. The van der Waals surface area contributed by atoms with Gasteiger partial charge in [-0.05, 0) is 74.3 Å². The lowest BCUT2D eigenvalue weighted by Gasteiger charge is -2.29. The van der Waals surface area contributed by atoms with Gasteiger partial charge in [0.15, 0.2) is 5.11 Å². The Kier molecular flexibility index (Phi) is 5.43. The van der Waals surface area contributed by atoms with Gasteiger partial charge in [-0.3, -0.25) is 9.69 Å². The molecule has 160 valence electrons. The smallest absolute Gasteiger partial charge is 0.303 e. The zero-order chi connectivity index (χ0) is 22.6. The number of benzene rings is 2. The zero-order valence-electron chi connectivity index (χ0n) is 17.3. The fourth-order valence-electron chi connectivity index (χ4n) is 3.63. The van der Waals surface area contributed by atoms with E-state index in [0.29, 0.717) is 11.3 Å². The third kappa shape index (κ3) is 3.57. The first-order chi connectivity index (χ1) is 13.8. The van der Waals surface area contributed by atoms with Gasteiger partial charge in [-0.2, -0.15) is 13.2 Å². The molecule has 0 spiro atoms. The molecular formula is C22H22F4N2OS. The number of carbonyl (C=O) groups excluding carboxylic acids is 1. The van der Waals surface area contributed by atoms with Crippen LogP contribution in [0.3, 0.4) is 0 Å². The minimum atomic E-state index is -4.56. The Labute approximate surface area is 178 Å². The number of hydrogen-bond donors (Lipinski definition) is 0. The highest BCUT2D eigenvalue weighted by atomic mass is 32.1. The molecule has 0 saturated carbocycles. The number of hydrogen-bond acceptors (Lipinski definition) is 2. The van der Waals surface area contributed by atoms with Crippen LogP contribution < -0.4 is 9.80 Å². The van der Waals surface area contributed by atoms with E-state index in [2.05, 4.69) is 0 Å². The average Bonchev–Trinajstić information content (AvgIpc) is 2.79. The molecule has 30 heavy (non-hydrogen) atoms. The van der Waals surface area contributed by atoms with Gasteiger partial charge in [-0.1, -0.05) is 26.0 Å². The Hall–Kier alpha value is -2.48. The predicted molar refractivity (Wildman–Crippen MR) is 113 cm³/mol. The van der Waals surface area contributed by atoms with E-state index in [1.807, 2.05) is 13.8 Å². The van der Waals surface area contributed by atoms with Crippen LogP contribution in [-0.2, 0) is 11.0 Å². The largest absolute Gasteiger partial charge is 0.416 e. The summed E-state index contributed by atoms with van der Waals surface area (Å²) in [6.45, 7) is 8.29. The van der Waals surface area contributed by atoms with Crippen molar-refractivity contribution in [2.75, 3.05) is 9.80 Å². The van der Waals surface area contributed by atoms with Crippen LogP contribution in [0.4, 0.5) is 28.9 Å². The topological polar surface area (TPSA) is 23.6 Å². The molecule has 1 fully saturated rings. The van der Waals surface area contributed by atoms with Crippen molar-refractivity contribution in [2.45, 2.75) is 52.3 Å². The van der Waals surface area contributed by atoms with Crippen LogP contribution in [0.25, 0.3) is 0 Å². The predicted octanol–water partition coefficient (Wildman–Crippen LogP) is 6.19. The summed E-state index contributed by atoms with van der Waals surface area (Å²) in [4.78, 5) is 15.7. The maximum atomic E-state index is 14.6. The molecule has 0 bridgehead atoms. The molecule has 1 saturated heterocycles. The lowest BCUT2D eigenvalue weighted by atomic mass is 9.99. The van der Waals surface area contributed by atoms with E-state index in [-0.39, 0.29) is 22.3 Å². The Morgan fingerprint density at radius 3 is 2.17 bits per heavy atom. The number of rotatable bonds is 3. The molecule has 1 aliphatic heterocycles. The highest BCUT2D eigenvalue weighted by Gasteiger charge is 2.50. The Morgan fingerprint density at radius 1 is 1.03 bits per heavy atom. The van der Waals surface area contributed by atoms with Crippen molar-refractivity contribution < 1.29 is 22.4 Å². The van der Waals surface area contributed by atoms with Gasteiger partial charge in [0.05, 0.1) is 11.3 Å². The van der Waals surface area contributed by atoms with Crippen molar-refractivity contribution >= 4 is 34.6 Å². The summed E-state index contributed by atoms with van der Waals surface area (Å²) < 4.78 is 54.7. The van der Waals surface area contributed by atoms with Gasteiger partial charge in [0.2, 0.25) is 0 Å². The third-order valence-electron chi connectivity index (χ3n) is 5.32. The van der Waals surface area contributed by atoms with Crippen molar-refractivity contribution in [3.63, 3.8) is 0 Å². The van der Waals surface area contributed by atoms with E-state index in [0.717, 1.165) is 11.0 Å². The molecule has 8 heteroatoms. The summed E-state index contributed by atoms with van der Waals surface area (Å²) in [5.74, 6) is -0.941. The van der Waals surface area contributed by atoms with Gasteiger partial charge in [-0.25, -0.2) is 4.39 Å². The summed E-state index contributed by atoms with van der Waals surface area (Å²) in [6.07, 6.45) is -4.56. The fourth-order valence-corrected chi connectivity index (χ4v) is 4.16. The second-order valence-corrected chi connectivity index (χ2v) is 8.54. The maximum absolute atomic E-state index is 14.6. The molecule has 0 unspecified atom stereocenters. The molecule has 1 aliphatic rings. The van der Waals surface area contributed by atoms with Gasteiger partial charge in [0.25, 0.3) is 5.91 Å². The van der Waals surface area contributed by atoms with Crippen LogP contribution in [0, 0.1) is 12.7 Å². The van der Waals surface area contributed by atoms with Gasteiger partial charge in [0.1, 0.15) is 11.4 Å². The number of amides is 1. The zero-order valence-corrected chi connectivity index (χ0v) is 18.1. The molecule has 0 aromatic heterocycles. The first kappa shape index (κ1) is 22.2. The molecule has 0 N–H and O–H groups in total. The van der Waals surface area contributed by atoms with Crippen molar-refractivity contribution in [1.82, 2.24) is 0 Å². The summed E-state index contributed by atoms with van der Waals surface area (Å²) in [6, 6.07) is 8.25. The highest BCUT2D eigenvalue weighted by molar-refractivity contribution is 7.81. The SMILES string of the molecule is Cc1ccc(N2C(=O)C(C)(C)N(c3ccc(C(C)C)c(F)c3)C2=S)cc1C(F)(F)F. The van der Waals surface area contributed by atoms with Crippen LogP contribution in [0.15, 0.2) is 36.4 Å². The van der Waals surface area contributed by atoms with E-state index < -0.39 is 29.0 Å².